The maximum Gasteiger partial charge on any atom is 0.0277 e. The zero-order valence-electron chi connectivity index (χ0n) is 12.8. The van der Waals surface area contributed by atoms with Gasteiger partial charge >= 0.3 is 0 Å². The number of nitrogens with one attached hydrogen (secondary N) is 1. The van der Waals surface area contributed by atoms with Gasteiger partial charge in [-0.15, -0.1) is 0 Å². The van der Waals surface area contributed by atoms with Gasteiger partial charge in [0.25, 0.3) is 0 Å². The van der Waals surface area contributed by atoms with E-state index in [4.69, 9.17) is 0 Å². The van der Waals surface area contributed by atoms with E-state index in [2.05, 4.69) is 42.9 Å². The van der Waals surface area contributed by atoms with Crippen LogP contribution in [0.4, 0.5) is 0 Å². The molecule has 2 aliphatic heterocycles. The van der Waals surface area contributed by atoms with E-state index in [0.717, 1.165) is 0 Å². The predicted octanol–water partition coefficient (Wildman–Crippen LogP) is 1.79. The van der Waals surface area contributed by atoms with Crippen molar-refractivity contribution in [1.82, 2.24) is 15.1 Å². The van der Waals surface area contributed by atoms with Crippen molar-refractivity contribution < 1.29 is 0 Å². The summed E-state index contributed by atoms with van der Waals surface area (Å²) in [4.78, 5) is 5.21. The lowest BCUT2D eigenvalue weighted by Gasteiger charge is -2.47. The Hall–Kier alpha value is -0.120. The summed E-state index contributed by atoms with van der Waals surface area (Å²) in [5.41, 5.74) is 0.887. The highest BCUT2D eigenvalue weighted by atomic mass is 15.3. The summed E-state index contributed by atoms with van der Waals surface area (Å²) in [5, 5.41) is 3.58. The van der Waals surface area contributed by atoms with Crippen LogP contribution in [0.15, 0.2) is 0 Å². The topological polar surface area (TPSA) is 18.5 Å². The zero-order valence-corrected chi connectivity index (χ0v) is 12.8. The van der Waals surface area contributed by atoms with Gasteiger partial charge in [-0.05, 0) is 45.7 Å². The Labute approximate surface area is 113 Å². The van der Waals surface area contributed by atoms with Crippen molar-refractivity contribution in [1.29, 1.82) is 0 Å². The van der Waals surface area contributed by atoms with Gasteiger partial charge in [-0.3, -0.25) is 9.80 Å². The number of hydrogen-bond acceptors (Lipinski definition) is 3. The monoisotopic (exact) mass is 253 g/mol. The summed E-state index contributed by atoms with van der Waals surface area (Å²) >= 11 is 0. The maximum absolute atomic E-state index is 3.58. The van der Waals surface area contributed by atoms with Crippen LogP contribution in [0, 0.1) is 5.41 Å². The normalized spacial score (nSPS) is 34.0. The van der Waals surface area contributed by atoms with E-state index >= 15 is 0 Å². The largest absolute Gasteiger partial charge is 0.316 e. The first-order valence-corrected chi connectivity index (χ1v) is 7.62. The molecule has 2 rings (SSSR count). The molecular formula is C15H31N3. The van der Waals surface area contributed by atoms with Crippen molar-refractivity contribution in [2.24, 2.45) is 5.41 Å². The molecule has 3 heteroatoms. The molecule has 0 amide bonds. The van der Waals surface area contributed by atoms with Gasteiger partial charge in [-0.1, -0.05) is 13.3 Å². The molecule has 0 bridgehead atoms. The molecule has 1 atom stereocenters. The number of nitrogens with zero attached hydrogens (tertiary/aromatic N) is 2. The predicted molar refractivity (Wildman–Crippen MR) is 78.0 cm³/mol. The van der Waals surface area contributed by atoms with E-state index in [9.17, 15) is 0 Å². The second kappa shape index (κ2) is 5.48. The van der Waals surface area contributed by atoms with Crippen LogP contribution >= 0.6 is 0 Å². The van der Waals surface area contributed by atoms with Crippen LogP contribution in [-0.4, -0.2) is 61.7 Å². The minimum Gasteiger partial charge on any atom is -0.316 e. The fourth-order valence-corrected chi connectivity index (χ4v) is 3.70. The molecule has 0 radical (unpaired) electrons. The van der Waals surface area contributed by atoms with Crippen molar-refractivity contribution in [3.8, 4) is 0 Å². The lowest BCUT2D eigenvalue weighted by atomic mass is 9.81. The third kappa shape index (κ3) is 3.06. The summed E-state index contributed by atoms with van der Waals surface area (Å²) < 4.78 is 0. The maximum atomic E-state index is 3.58. The van der Waals surface area contributed by atoms with E-state index in [-0.39, 0.29) is 0 Å². The molecule has 2 fully saturated rings. The molecule has 0 aliphatic carbocycles. The van der Waals surface area contributed by atoms with E-state index in [1.165, 1.54) is 58.5 Å². The van der Waals surface area contributed by atoms with Gasteiger partial charge in [0.2, 0.25) is 0 Å². The number of hydrogen-bond donors (Lipinski definition) is 1. The quantitative estimate of drug-likeness (QED) is 0.824. The fourth-order valence-electron chi connectivity index (χ4n) is 3.70. The minimum atomic E-state index is 0.331. The second-order valence-corrected chi connectivity index (χ2v) is 7.12. The molecule has 3 nitrogen and oxygen atoms in total. The first-order valence-electron chi connectivity index (χ1n) is 7.62. The van der Waals surface area contributed by atoms with Crippen molar-refractivity contribution >= 4 is 0 Å². The average Bonchev–Trinajstić information content (AvgIpc) is 2.72. The molecule has 2 saturated heterocycles. The molecule has 0 saturated carbocycles. The molecule has 0 spiro atoms. The number of rotatable bonds is 4. The summed E-state index contributed by atoms with van der Waals surface area (Å²) in [6.45, 7) is 14.5. The average molecular weight is 253 g/mol. The van der Waals surface area contributed by atoms with Gasteiger partial charge in [0.05, 0.1) is 0 Å². The van der Waals surface area contributed by atoms with Crippen LogP contribution in [0.5, 0.6) is 0 Å². The van der Waals surface area contributed by atoms with E-state index < -0.39 is 0 Å². The Bertz CT molecular complexity index is 269. The van der Waals surface area contributed by atoms with Crippen molar-refractivity contribution in [3.05, 3.63) is 0 Å². The molecule has 2 aliphatic rings. The van der Waals surface area contributed by atoms with E-state index in [0.29, 0.717) is 11.0 Å². The molecule has 0 aromatic heterocycles. The molecule has 106 valence electrons. The minimum absolute atomic E-state index is 0.331. The van der Waals surface area contributed by atoms with Crippen LogP contribution in [0.3, 0.4) is 0 Å². The van der Waals surface area contributed by atoms with Gasteiger partial charge in [-0.25, -0.2) is 0 Å². The van der Waals surface area contributed by atoms with Gasteiger partial charge in [0, 0.05) is 38.3 Å². The molecule has 1 N–H and O–H groups in total. The van der Waals surface area contributed by atoms with Crippen LogP contribution < -0.4 is 5.32 Å². The van der Waals surface area contributed by atoms with Crippen molar-refractivity contribution in [3.63, 3.8) is 0 Å². The highest BCUT2D eigenvalue weighted by molar-refractivity contribution is 4.94. The number of piperazine rings is 1. The Morgan fingerprint density at radius 2 is 2.00 bits per heavy atom. The van der Waals surface area contributed by atoms with Gasteiger partial charge < -0.3 is 5.32 Å². The lowest BCUT2D eigenvalue weighted by molar-refractivity contribution is 0.0172. The second-order valence-electron chi connectivity index (χ2n) is 7.12. The molecule has 1 unspecified atom stereocenters. The molecule has 0 aromatic rings. The highest BCUT2D eigenvalue weighted by Crippen LogP contribution is 2.33. The van der Waals surface area contributed by atoms with E-state index in [1.807, 2.05) is 0 Å². The molecule has 18 heavy (non-hydrogen) atoms. The summed E-state index contributed by atoms with van der Waals surface area (Å²) in [6, 6.07) is 0. The Balaban J connectivity index is 1.96. The molecule has 0 aromatic carbocycles. The first kappa shape index (κ1) is 14.3. The van der Waals surface area contributed by atoms with Crippen LogP contribution in [0.1, 0.15) is 40.0 Å². The Kier molecular flexibility index (Phi) is 4.35. The standard InChI is InChI=1S/C15H31N3/c1-5-6-15(7-8-16-11-15)13-18-10-9-17(4)14(2,3)12-18/h16H,5-13H2,1-4H3. The van der Waals surface area contributed by atoms with Gasteiger partial charge in [0.1, 0.15) is 0 Å². The summed E-state index contributed by atoms with van der Waals surface area (Å²) in [7, 11) is 2.26. The smallest absolute Gasteiger partial charge is 0.0277 e. The van der Waals surface area contributed by atoms with Crippen LogP contribution in [0.25, 0.3) is 0 Å². The molecule has 2 heterocycles. The van der Waals surface area contributed by atoms with Gasteiger partial charge in [0.15, 0.2) is 0 Å². The number of likely N-dealkylation sites (N-methyl/N-ethyl adjacent to an activating group) is 1. The summed E-state index contributed by atoms with van der Waals surface area (Å²) in [6.07, 6.45) is 4.07. The van der Waals surface area contributed by atoms with Crippen LogP contribution in [-0.2, 0) is 0 Å². The third-order valence-corrected chi connectivity index (χ3v) is 5.07. The van der Waals surface area contributed by atoms with Crippen molar-refractivity contribution in [2.45, 2.75) is 45.6 Å². The Morgan fingerprint density at radius 1 is 1.22 bits per heavy atom. The van der Waals surface area contributed by atoms with Crippen LogP contribution in [0.2, 0.25) is 0 Å². The molecular weight excluding hydrogens is 222 g/mol. The third-order valence-electron chi connectivity index (χ3n) is 5.07. The van der Waals surface area contributed by atoms with E-state index in [1.54, 1.807) is 0 Å². The Morgan fingerprint density at radius 3 is 2.56 bits per heavy atom. The highest BCUT2D eigenvalue weighted by Gasteiger charge is 2.38. The SMILES string of the molecule is CCCC1(CN2CCN(C)C(C)(C)C2)CCNC1. The fraction of sp³-hybridized carbons (Fsp3) is 1.00. The zero-order chi connectivity index (χ0) is 13.2. The first-order chi connectivity index (χ1) is 8.47. The van der Waals surface area contributed by atoms with Crippen molar-refractivity contribution in [2.75, 3.05) is 46.3 Å². The summed E-state index contributed by atoms with van der Waals surface area (Å²) in [5.74, 6) is 0. The lowest BCUT2D eigenvalue weighted by Crippen LogP contribution is -2.59. The van der Waals surface area contributed by atoms with Gasteiger partial charge in [-0.2, -0.15) is 0 Å².